The van der Waals surface area contributed by atoms with Crippen molar-refractivity contribution in [3.63, 3.8) is 0 Å². The van der Waals surface area contributed by atoms with Crippen LogP contribution in [0, 0.1) is 0 Å². The smallest absolute Gasteiger partial charge is 0.164 e. The average Bonchev–Trinajstić information content (AvgIpc) is 2.43. The molecule has 0 radical (unpaired) electrons. The minimum Gasteiger partial charge on any atom is -0.366 e. The van der Waals surface area contributed by atoms with Crippen LogP contribution in [-0.4, -0.2) is 18.0 Å². The summed E-state index contributed by atoms with van der Waals surface area (Å²) in [5.41, 5.74) is 2.64. The van der Waals surface area contributed by atoms with Gasteiger partial charge in [-0.05, 0) is 17.5 Å². The molecule has 1 aromatic carbocycles. The lowest BCUT2D eigenvalue weighted by atomic mass is 9.93. The number of ether oxygens (including phenoxy) is 1. The Balaban J connectivity index is 2.03. The molecule has 2 atom stereocenters. The number of rotatable bonds is 0. The van der Waals surface area contributed by atoms with E-state index in [9.17, 15) is 4.79 Å². The molecular formula is C12H12O2. The fraction of sp³-hybridized carbons (Fsp3) is 0.417. The van der Waals surface area contributed by atoms with Crippen molar-refractivity contribution >= 4 is 5.78 Å². The van der Waals surface area contributed by atoms with E-state index in [4.69, 9.17) is 4.74 Å². The quantitative estimate of drug-likeness (QED) is 0.617. The molecule has 0 spiro atoms. The van der Waals surface area contributed by atoms with Crippen LogP contribution in [0.5, 0.6) is 0 Å². The zero-order valence-corrected chi connectivity index (χ0v) is 7.90. The Bertz CT molecular complexity index is 384. The first-order chi connectivity index (χ1) is 6.83. The number of ketones is 1. The fourth-order valence-corrected chi connectivity index (χ4v) is 2.40. The summed E-state index contributed by atoms with van der Waals surface area (Å²) in [5.74, 6) is 0.282. The van der Waals surface area contributed by atoms with Gasteiger partial charge in [-0.25, -0.2) is 0 Å². The second-order valence-electron chi connectivity index (χ2n) is 4.09. The van der Waals surface area contributed by atoms with Crippen molar-refractivity contribution in [3.05, 3.63) is 35.4 Å². The molecule has 0 aliphatic carbocycles. The molecule has 3 rings (SSSR count). The molecular weight excluding hydrogens is 176 g/mol. The van der Waals surface area contributed by atoms with Crippen LogP contribution in [0.2, 0.25) is 0 Å². The Morgan fingerprint density at radius 3 is 2.57 bits per heavy atom. The number of carbonyl (C=O) groups is 1. The molecule has 2 bridgehead atoms. The van der Waals surface area contributed by atoms with Gasteiger partial charge in [-0.1, -0.05) is 24.3 Å². The summed E-state index contributed by atoms with van der Waals surface area (Å²) in [6.07, 6.45) is 2.25. The van der Waals surface area contributed by atoms with Gasteiger partial charge in [-0.3, -0.25) is 4.79 Å². The van der Waals surface area contributed by atoms with E-state index in [1.54, 1.807) is 0 Å². The Labute approximate surface area is 82.9 Å². The number of benzene rings is 1. The monoisotopic (exact) mass is 188 g/mol. The Kier molecular flexibility index (Phi) is 1.71. The SMILES string of the molecule is O=C1C[C@H]2Cc3ccccc3C[C@@H]1O2. The first kappa shape index (κ1) is 8.18. The minimum absolute atomic E-state index is 0.135. The lowest BCUT2D eigenvalue weighted by Crippen LogP contribution is -2.18. The second-order valence-corrected chi connectivity index (χ2v) is 4.09. The van der Waals surface area contributed by atoms with E-state index < -0.39 is 0 Å². The Morgan fingerprint density at radius 2 is 1.79 bits per heavy atom. The molecule has 1 fully saturated rings. The van der Waals surface area contributed by atoms with Crippen molar-refractivity contribution < 1.29 is 9.53 Å². The molecule has 2 heterocycles. The van der Waals surface area contributed by atoms with Gasteiger partial charge in [0, 0.05) is 12.8 Å². The molecule has 2 nitrogen and oxygen atoms in total. The van der Waals surface area contributed by atoms with Crippen LogP contribution in [0.15, 0.2) is 24.3 Å². The van der Waals surface area contributed by atoms with E-state index in [0.717, 1.165) is 12.8 Å². The number of hydrogen-bond donors (Lipinski definition) is 0. The maximum absolute atomic E-state index is 11.5. The molecule has 2 aliphatic rings. The maximum Gasteiger partial charge on any atom is 0.164 e. The molecule has 0 aromatic heterocycles. The summed E-state index contributed by atoms with van der Waals surface area (Å²) in [4.78, 5) is 11.5. The third-order valence-electron chi connectivity index (χ3n) is 3.12. The van der Waals surface area contributed by atoms with Gasteiger partial charge in [0.2, 0.25) is 0 Å². The molecule has 1 aromatic rings. The van der Waals surface area contributed by atoms with Gasteiger partial charge in [0.15, 0.2) is 5.78 Å². The number of hydrogen-bond acceptors (Lipinski definition) is 2. The highest BCUT2D eigenvalue weighted by Gasteiger charge is 2.36. The Morgan fingerprint density at radius 1 is 1.07 bits per heavy atom. The standard InChI is InChI=1S/C12H12O2/c13-11-7-10-5-8-3-1-2-4-9(8)6-12(11)14-10/h1-4,10,12H,5-7H2/t10-,12+/m1/s1. The molecule has 0 N–H and O–H groups in total. The lowest BCUT2D eigenvalue weighted by Gasteiger charge is -2.09. The Hall–Kier alpha value is -1.15. The second kappa shape index (κ2) is 2.92. The molecule has 2 heteroatoms. The third kappa shape index (κ3) is 1.18. The minimum atomic E-state index is -0.163. The number of fused-ring (bicyclic) bond motifs is 3. The highest BCUT2D eigenvalue weighted by molar-refractivity contribution is 5.86. The van der Waals surface area contributed by atoms with Gasteiger partial charge in [-0.15, -0.1) is 0 Å². The summed E-state index contributed by atoms with van der Waals surface area (Å²) < 4.78 is 5.67. The predicted octanol–water partition coefficient (Wildman–Crippen LogP) is 1.51. The predicted molar refractivity (Wildman–Crippen MR) is 52.1 cm³/mol. The van der Waals surface area contributed by atoms with Gasteiger partial charge in [0.05, 0.1) is 6.10 Å². The van der Waals surface area contributed by atoms with Crippen LogP contribution in [-0.2, 0) is 22.4 Å². The van der Waals surface area contributed by atoms with Gasteiger partial charge in [0.25, 0.3) is 0 Å². The van der Waals surface area contributed by atoms with Gasteiger partial charge < -0.3 is 4.74 Å². The summed E-state index contributed by atoms with van der Waals surface area (Å²) in [5, 5.41) is 0. The molecule has 1 saturated heterocycles. The molecule has 0 unspecified atom stereocenters. The largest absolute Gasteiger partial charge is 0.366 e. The summed E-state index contributed by atoms with van der Waals surface area (Å²) in [6, 6.07) is 8.33. The highest BCUT2D eigenvalue weighted by atomic mass is 16.5. The van der Waals surface area contributed by atoms with Crippen molar-refractivity contribution in [2.45, 2.75) is 31.5 Å². The highest BCUT2D eigenvalue weighted by Crippen LogP contribution is 2.28. The maximum atomic E-state index is 11.5. The number of carbonyl (C=O) groups excluding carboxylic acids is 1. The first-order valence-electron chi connectivity index (χ1n) is 5.08. The van der Waals surface area contributed by atoms with Crippen molar-refractivity contribution in [1.82, 2.24) is 0 Å². The fourth-order valence-electron chi connectivity index (χ4n) is 2.40. The van der Waals surface area contributed by atoms with Crippen LogP contribution in [0.4, 0.5) is 0 Å². The van der Waals surface area contributed by atoms with Crippen LogP contribution in [0.1, 0.15) is 17.5 Å². The summed E-state index contributed by atoms with van der Waals surface area (Å²) >= 11 is 0. The van der Waals surface area contributed by atoms with E-state index in [2.05, 4.69) is 18.2 Å². The average molecular weight is 188 g/mol. The topological polar surface area (TPSA) is 26.3 Å². The number of Topliss-reactive ketones (excluding diaryl/α,β-unsaturated/α-hetero) is 1. The normalized spacial score (nSPS) is 29.9. The van der Waals surface area contributed by atoms with Crippen LogP contribution < -0.4 is 0 Å². The molecule has 72 valence electrons. The zero-order chi connectivity index (χ0) is 9.54. The van der Waals surface area contributed by atoms with Gasteiger partial charge in [-0.2, -0.15) is 0 Å². The van der Waals surface area contributed by atoms with Crippen LogP contribution >= 0.6 is 0 Å². The lowest BCUT2D eigenvalue weighted by molar-refractivity contribution is -0.122. The zero-order valence-electron chi connectivity index (χ0n) is 7.90. The van der Waals surface area contributed by atoms with Crippen molar-refractivity contribution in [2.24, 2.45) is 0 Å². The van der Waals surface area contributed by atoms with E-state index in [1.807, 2.05) is 6.07 Å². The van der Waals surface area contributed by atoms with E-state index in [0.29, 0.717) is 6.42 Å². The molecule has 0 amide bonds. The van der Waals surface area contributed by atoms with Crippen molar-refractivity contribution in [3.8, 4) is 0 Å². The van der Waals surface area contributed by atoms with Crippen LogP contribution in [0.3, 0.4) is 0 Å². The van der Waals surface area contributed by atoms with Crippen molar-refractivity contribution in [2.75, 3.05) is 0 Å². The van der Waals surface area contributed by atoms with Gasteiger partial charge in [0.1, 0.15) is 6.10 Å². The third-order valence-corrected chi connectivity index (χ3v) is 3.12. The molecule has 14 heavy (non-hydrogen) atoms. The summed E-state index contributed by atoms with van der Waals surface area (Å²) in [7, 11) is 0. The van der Waals surface area contributed by atoms with E-state index in [1.165, 1.54) is 11.1 Å². The van der Waals surface area contributed by atoms with Crippen molar-refractivity contribution in [1.29, 1.82) is 0 Å². The first-order valence-corrected chi connectivity index (χ1v) is 5.08. The van der Waals surface area contributed by atoms with Gasteiger partial charge >= 0.3 is 0 Å². The van der Waals surface area contributed by atoms with E-state index in [-0.39, 0.29) is 18.0 Å². The van der Waals surface area contributed by atoms with Crippen LogP contribution in [0.25, 0.3) is 0 Å². The van der Waals surface area contributed by atoms with E-state index >= 15 is 0 Å². The molecule has 2 aliphatic heterocycles. The molecule has 0 saturated carbocycles. The summed E-state index contributed by atoms with van der Waals surface area (Å²) in [6.45, 7) is 0.